The third-order valence-electron chi connectivity index (χ3n) is 5.67. The largest absolute Gasteiger partial charge is 0.497 e. The molecule has 26 heavy (non-hydrogen) atoms. The van der Waals surface area contributed by atoms with Crippen LogP contribution < -0.4 is 10.1 Å². The van der Waals surface area contributed by atoms with Crippen LogP contribution in [0.2, 0.25) is 0 Å². The molecule has 0 unspecified atom stereocenters. The molecule has 2 aromatic rings. The summed E-state index contributed by atoms with van der Waals surface area (Å²) in [5, 5.41) is 7.12. The molecule has 1 saturated carbocycles. The summed E-state index contributed by atoms with van der Waals surface area (Å²) in [6.07, 6.45) is 5.78. The van der Waals surface area contributed by atoms with Crippen molar-refractivity contribution in [3.63, 3.8) is 0 Å². The van der Waals surface area contributed by atoms with Gasteiger partial charge in [-0.15, -0.1) is 0 Å². The fraction of sp³-hybridized carbons (Fsp3) is 0.524. The lowest BCUT2D eigenvalue weighted by molar-refractivity contribution is -0.121. The summed E-state index contributed by atoms with van der Waals surface area (Å²) >= 11 is 0. The molecule has 1 heterocycles. The van der Waals surface area contributed by atoms with Gasteiger partial charge in [0, 0.05) is 23.9 Å². The molecule has 0 saturated heterocycles. The second-order valence-corrected chi connectivity index (χ2v) is 7.30. The van der Waals surface area contributed by atoms with Gasteiger partial charge in [0.15, 0.2) is 0 Å². The van der Waals surface area contributed by atoms with E-state index in [-0.39, 0.29) is 11.3 Å². The average molecular weight is 356 g/mol. The number of aryl methyl sites for hydroxylation is 2. The number of methoxy groups -OCH3 is 1. The number of carbonyl (C=O) groups excluding carboxylic acids is 1. The number of amides is 1. The number of carbonyl (C=O) groups is 1. The van der Waals surface area contributed by atoms with Crippen molar-refractivity contribution in [2.45, 2.75) is 57.8 Å². The van der Waals surface area contributed by atoms with Crippen LogP contribution in [0.4, 0.5) is 0 Å². The lowest BCUT2D eigenvalue weighted by Gasteiger charge is -2.30. The van der Waals surface area contributed by atoms with E-state index >= 15 is 0 Å². The van der Waals surface area contributed by atoms with Crippen LogP contribution in [0, 0.1) is 13.8 Å². The third-order valence-corrected chi connectivity index (χ3v) is 5.67. The highest BCUT2D eigenvalue weighted by Crippen LogP contribution is 2.41. The molecule has 5 nitrogen and oxygen atoms in total. The molecule has 1 N–H and O–H groups in total. The predicted octanol–water partition coefficient (Wildman–Crippen LogP) is 3.86. The number of ether oxygens (including phenoxy) is 1. The first-order valence-electron chi connectivity index (χ1n) is 9.37. The molecule has 1 aromatic carbocycles. The van der Waals surface area contributed by atoms with Crippen molar-refractivity contribution in [3.05, 3.63) is 46.8 Å². The number of benzene rings is 1. The van der Waals surface area contributed by atoms with E-state index in [1.54, 1.807) is 7.11 Å². The summed E-state index contributed by atoms with van der Waals surface area (Å²) in [4.78, 5) is 12.4. The van der Waals surface area contributed by atoms with Crippen LogP contribution in [-0.4, -0.2) is 24.7 Å². The summed E-state index contributed by atoms with van der Waals surface area (Å²) in [5.41, 5.74) is 3.26. The van der Waals surface area contributed by atoms with Crippen molar-refractivity contribution in [3.8, 4) is 5.75 Å². The van der Waals surface area contributed by atoms with E-state index in [9.17, 15) is 4.79 Å². The van der Waals surface area contributed by atoms with Gasteiger partial charge in [0.05, 0.1) is 12.8 Å². The van der Waals surface area contributed by atoms with Crippen LogP contribution in [0.15, 0.2) is 28.8 Å². The molecule has 140 valence electrons. The van der Waals surface area contributed by atoms with Crippen LogP contribution in [0.5, 0.6) is 5.75 Å². The van der Waals surface area contributed by atoms with E-state index in [0.717, 1.165) is 35.6 Å². The summed E-state index contributed by atoms with van der Waals surface area (Å²) in [5.74, 6) is 1.76. The first-order chi connectivity index (χ1) is 12.5. The van der Waals surface area contributed by atoms with Crippen molar-refractivity contribution in [2.75, 3.05) is 13.7 Å². The van der Waals surface area contributed by atoms with Crippen LogP contribution in [0.3, 0.4) is 0 Å². The van der Waals surface area contributed by atoms with Crippen molar-refractivity contribution in [1.29, 1.82) is 0 Å². The Kier molecular flexibility index (Phi) is 5.64. The monoisotopic (exact) mass is 356 g/mol. The van der Waals surface area contributed by atoms with E-state index in [1.165, 1.54) is 18.4 Å². The van der Waals surface area contributed by atoms with Crippen LogP contribution in [0.25, 0.3) is 0 Å². The standard InChI is InChI=1S/C21H28N2O3/c1-15-19(16(2)26-23-15)10-11-20(24)22-14-21(12-4-5-13-21)17-6-8-18(25-3)9-7-17/h6-9H,4-5,10-14H2,1-3H3,(H,22,24). The smallest absolute Gasteiger partial charge is 0.220 e. The van der Waals surface area contributed by atoms with E-state index in [4.69, 9.17) is 9.26 Å². The second-order valence-electron chi connectivity index (χ2n) is 7.30. The summed E-state index contributed by atoms with van der Waals surface area (Å²) in [6, 6.07) is 8.30. The molecule has 3 rings (SSSR count). The van der Waals surface area contributed by atoms with Gasteiger partial charge < -0.3 is 14.6 Å². The SMILES string of the molecule is COc1ccc(C2(CNC(=O)CCc3c(C)noc3C)CCCC2)cc1. The van der Waals surface area contributed by atoms with Crippen molar-refractivity contribution in [1.82, 2.24) is 10.5 Å². The lowest BCUT2D eigenvalue weighted by Crippen LogP contribution is -2.39. The van der Waals surface area contributed by atoms with E-state index in [2.05, 4.69) is 22.6 Å². The lowest BCUT2D eigenvalue weighted by atomic mass is 9.78. The average Bonchev–Trinajstić information content (AvgIpc) is 3.26. The van der Waals surface area contributed by atoms with Gasteiger partial charge in [-0.1, -0.05) is 30.1 Å². The molecular formula is C21H28N2O3. The number of aromatic nitrogens is 1. The minimum atomic E-state index is 0.0466. The highest BCUT2D eigenvalue weighted by atomic mass is 16.5. The Morgan fingerprint density at radius 1 is 1.23 bits per heavy atom. The first kappa shape index (κ1) is 18.5. The molecule has 0 radical (unpaired) electrons. The van der Waals surface area contributed by atoms with Gasteiger partial charge >= 0.3 is 0 Å². The van der Waals surface area contributed by atoms with E-state index in [0.29, 0.717) is 19.4 Å². The second kappa shape index (κ2) is 7.94. The quantitative estimate of drug-likeness (QED) is 0.818. The molecule has 0 bridgehead atoms. The molecule has 1 amide bonds. The molecule has 0 spiro atoms. The minimum absolute atomic E-state index is 0.0466. The van der Waals surface area contributed by atoms with Gasteiger partial charge in [0.1, 0.15) is 11.5 Å². The van der Waals surface area contributed by atoms with Gasteiger partial charge in [0.25, 0.3) is 0 Å². The Morgan fingerprint density at radius 3 is 2.50 bits per heavy atom. The number of hydrogen-bond donors (Lipinski definition) is 1. The Hall–Kier alpha value is -2.30. The molecule has 1 fully saturated rings. The Balaban J connectivity index is 1.60. The fourth-order valence-corrected chi connectivity index (χ4v) is 4.02. The van der Waals surface area contributed by atoms with E-state index in [1.807, 2.05) is 26.0 Å². The topological polar surface area (TPSA) is 64.4 Å². The molecule has 1 aliphatic rings. The van der Waals surface area contributed by atoms with Crippen LogP contribution in [0.1, 0.15) is 54.7 Å². The normalized spacial score (nSPS) is 15.8. The Labute approximate surface area is 155 Å². The number of nitrogens with zero attached hydrogens (tertiary/aromatic N) is 1. The summed E-state index contributed by atoms with van der Waals surface area (Å²) in [7, 11) is 1.68. The zero-order valence-electron chi connectivity index (χ0n) is 15.9. The van der Waals surface area contributed by atoms with Crippen molar-refractivity contribution >= 4 is 5.91 Å². The number of hydrogen-bond acceptors (Lipinski definition) is 4. The maximum absolute atomic E-state index is 12.4. The Bertz CT molecular complexity index is 724. The summed E-state index contributed by atoms with van der Waals surface area (Å²) in [6.45, 7) is 4.51. The first-order valence-corrected chi connectivity index (χ1v) is 9.37. The van der Waals surface area contributed by atoms with Crippen molar-refractivity contribution in [2.24, 2.45) is 0 Å². The molecule has 0 aliphatic heterocycles. The van der Waals surface area contributed by atoms with Crippen LogP contribution >= 0.6 is 0 Å². The predicted molar refractivity (Wildman–Crippen MR) is 100 cm³/mol. The highest BCUT2D eigenvalue weighted by molar-refractivity contribution is 5.76. The third kappa shape index (κ3) is 3.92. The van der Waals surface area contributed by atoms with Gasteiger partial charge in [-0.3, -0.25) is 4.79 Å². The van der Waals surface area contributed by atoms with Gasteiger partial charge in [-0.25, -0.2) is 0 Å². The minimum Gasteiger partial charge on any atom is -0.497 e. The summed E-state index contributed by atoms with van der Waals surface area (Å²) < 4.78 is 10.4. The maximum atomic E-state index is 12.4. The van der Waals surface area contributed by atoms with Gasteiger partial charge in [-0.2, -0.15) is 0 Å². The highest BCUT2D eigenvalue weighted by Gasteiger charge is 2.35. The van der Waals surface area contributed by atoms with Gasteiger partial charge in [0.2, 0.25) is 5.91 Å². The maximum Gasteiger partial charge on any atom is 0.220 e. The molecule has 1 aromatic heterocycles. The van der Waals surface area contributed by atoms with Crippen molar-refractivity contribution < 1.29 is 14.1 Å². The molecular weight excluding hydrogens is 328 g/mol. The molecule has 1 aliphatic carbocycles. The zero-order valence-corrected chi connectivity index (χ0v) is 15.9. The fourth-order valence-electron chi connectivity index (χ4n) is 4.02. The van der Waals surface area contributed by atoms with Gasteiger partial charge in [-0.05, 0) is 50.8 Å². The Morgan fingerprint density at radius 2 is 1.92 bits per heavy atom. The zero-order chi connectivity index (χ0) is 18.6. The molecule has 0 atom stereocenters. The van der Waals surface area contributed by atoms with Crippen LogP contribution in [-0.2, 0) is 16.6 Å². The number of rotatable bonds is 7. The number of nitrogens with one attached hydrogen (secondary N) is 1. The molecule has 5 heteroatoms. The van der Waals surface area contributed by atoms with E-state index < -0.39 is 0 Å².